The van der Waals surface area contributed by atoms with Crippen molar-refractivity contribution < 1.29 is 14.3 Å². The molecular weight excluding hydrogens is 404 g/mol. The maximum absolute atomic E-state index is 13.0. The van der Waals surface area contributed by atoms with E-state index in [0.717, 1.165) is 79.7 Å². The van der Waals surface area contributed by atoms with Gasteiger partial charge in [0.1, 0.15) is 17.4 Å². The van der Waals surface area contributed by atoms with Crippen LogP contribution in [0.3, 0.4) is 0 Å². The van der Waals surface area contributed by atoms with Gasteiger partial charge >= 0.3 is 0 Å². The lowest BCUT2D eigenvalue weighted by molar-refractivity contribution is -0.119. The van der Waals surface area contributed by atoms with Gasteiger partial charge in [0.25, 0.3) is 0 Å². The van der Waals surface area contributed by atoms with E-state index in [1.54, 1.807) is 7.11 Å². The zero-order valence-corrected chi connectivity index (χ0v) is 19.0. The lowest BCUT2D eigenvalue weighted by Crippen LogP contribution is -2.40. The van der Waals surface area contributed by atoms with Gasteiger partial charge in [-0.15, -0.1) is 0 Å². The third kappa shape index (κ3) is 3.99. The smallest absolute Gasteiger partial charge is 0.228 e. The third-order valence-electron chi connectivity index (χ3n) is 7.13. The number of benzene rings is 1. The number of rotatable bonds is 5. The molecule has 1 aromatic heterocycles. The number of fused-ring (bicyclic) bond motifs is 1. The second-order valence-corrected chi connectivity index (χ2v) is 9.00. The SMILES string of the molecule is COc1ccccc1CN1C(=O)CCc2c(C)nc([C@H]3CCCN3C3CCOCC3)nc21. The normalized spacial score (nSPS) is 22.2. The van der Waals surface area contributed by atoms with Crippen molar-refractivity contribution in [2.45, 2.75) is 64.1 Å². The fourth-order valence-corrected chi connectivity index (χ4v) is 5.44. The topological polar surface area (TPSA) is 67.8 Å². The van der Waals surface area contributed by atoms with Crippen molar-refractivity contribution in [2.24, 2.45) is 0 Å². The van der Waals surface area contributed by atoms with Crippen LogP contribution in [-0.4, -0.2) is 53.7 Å². The number of likely N-dealkylation sites (tertiary alicyclic amines) is 1. The number of amides is 1. The van der Waals surface area contributed by atoms with Gasteiger partial charge in [-0.25, -0.2) is 9.97 Å². The van der Waals surface area contributed by atoms with E-state index < -0.39 is 0 Å². The first-order chi connectivity index (χ1) is 15.7. The van der Waals surface area contributed by atoms with Gasteiger partial charge in [0.05, 0.1) is 19.7 Å². The molecule has 170 valence electrons. The van der Waals surface area contributed by atoms with E-state index in [0.29, 0.717) is 25.4 Å². The molecule has 0 aliphatic carbocycles. The molecule has 1 amide bonds. The lowest BCUT2D eigenvalue weighted by atomic mass is 10.0. The van der Waals surface area contributed by atoms with Crippen molar-refractivity contribution in [1.82, 2.24) is 14.9 Å². The highest BCUT2D eigenvalue weighted by atomic mass is 16.5. The molecule has 2 saturated heterocycles. The number of methoxy groups -OCH3 is 1. The summed E-state index contributed by atoms with van der Waals surface area (Å²) in [5.74, 6) is 2.55. The number of hydrogen-bond donors (Lipinski definition) is 0. The van der Waals surface area contributed by atoms with Gasteiger partial charge in [0.15, 0.2) is 0 Å². The largest absolute Gasteiger partial charge is 0.496 e. The van der Waals surface area contributed by atoms with Crippen molar-refractivity contribution in [1.29, 1.82) is 0 Å². The van der Waals surface area contributed by atoms with E-state index in [2.05, 4.69) is 11.8 Å². The Morgan fingerprint density at radius 2 is 1.94 bits per heavy atom. The summed E-state index contributed by atoms with van der Waals surface area (Å²) in [5, 5.41) is 0. The molecule has 5 rings (SSSR count). The van der Waals surface area contributed by atoms with Crippen LogP contribution in [0.5, 0.6) is 5.75 Å². The van der Waals surface area contributed by atoms with Crippen molar-refractivity contribution in [3.8, 4) is 5.75 Å². The highest BCUT2D eigenvalue weighted by molar-refractivity contribution is 5.95. The second kappa shape index (κ2) is 9.16. The van der Waals surface area contributed by atoms with Crippen LogP contribution in [0.4, 0.5) is 5.82 Å². The highest BCUT2D eigenvalue weighted by Gasteiger charge is 2.36. The minimum absolute atomic E-state index is 0.111. The number of para-hydroxylation sites is 1. The van der Waals surface area contributed by atoms with E-state index in [4.69, 9.17) is 19.4 Å². The summed E-state index contributed by atoms with van der Waals surface area (Å²) in [4.78, 5) is 27.5. The lowest BCUT2D eigenvalue weighted by Gasteiger charge is -2.36. The molecule has 2 aromatic rings. The number of carbonyl (C=O) groups excluding carboxylic acids is 1. The summed E-state index contributed by atoms with van der Waals surface area (Å²) in [6.07, 6.45) is 5.56. The van der Waals surface area contributed by atoms with Gasteiger partial charge in [-0.3, -0.25) is 14.6 Å². The Labute approximate surface area is 189 Å². The number of aryl methyl sites for hydroxylation is 1. The molecule has 7 heteroatoms. The molecule has 4 heterocycles. The predicted octanol–water partition coefficient (Wildman–Crippen LogP) is 3.59. The molecule has 0 saturated carbocycles. The Hall–Kier alpha value is -2.51. The van der Waals surface area contributed by atoms with E-state index in [9.17, 15) is 4.79 Å². The van der Waals surface area contributed by atoms with Crippen LogP contribution in [0.15, 0.2) is 24.3 Å². The summed E-state index contributed by atoms with van der Waals surface area (Å²) < 4.78 is 11.1. The van der Waals surface area contributed by atoms with Crippen LogP contribution in [0.2, 0.25) is 0 Å². The molecule has 0 unspecified atom stereocenters. The Balaban J connectivity index is 1.49. The molecule has 0 radical (unpaired) electrons. The van der Waals surface area contributed by atoms with Gasteiger partial charge in [-0.05, 0) is 51.6 Å². The molecule has 0 spiro atoms. The number of carbonyl (C=O) groups is 1. The molecule has 1 aromatic carbocycles. The van der Waals surface area contributed by atoms with Crippen LogP contribution < -0.4 is 9.64 Å². The minimum atomic E-state index is 0.111. The molecule has 32 heavy (non-hydrogen) atoms. The van der Waals surface area contributed by atoms with Crippen molar-refractivity contribution in [3.05, 3.63) is 46.9 Å². The van der Waals surface area contributed by atoms with Gasteiger partial charge in [-0.1, -0.05) is 18.2 Å². The second-order valence-electron chi connectivity index (χ2n) is 9.00. The molecule has 0 N–H and O–H groups in total. The van der Waals surface area contributed by atoms with Crippen LogP contribution in [0.1, 0.15) is 60.8 Å². The molecule has 3 aliphatic heterocycles. The number of aromatic nitrogens is 2. The van der Waals surface area contributed by atoms with Crippen molar-refractivity contribution in [3.63, 3.8) is 0 Å². The Morgan fingerprint density at radius 3 is 2.75 bits per heavy atom. The fraction of sp³-hybridized carbons (Fsp3) is 0.560. The zero-order valence-electron chi connectivity index (χ0n) is 19.0. The van der Waals surface area contributed by atoms with Crippen molar-refractivity contribution >= 4 is 11.7 Å². The third-order valence-corrected chi connectivity index (χ3v) is 7.13. The van der Waals surface area contributed by atoms with E-state index in [1.165, 1.54) is 0 Å². The Bertz CT molecular complexity index is 989. The molecular formula is C25H32N4O3. The zero-order chi connectivity index (χ0) is 22.1. The fourth-order valence-electron chi connectivity index (χ4n) is 5.44. The van der Waals surface area contributed by atoms with E-state index in [-0.39, 0.29) is 11.9 Å². The maximum Gasteiger partial charge on any atom is 0.228 e. The highest BCUT2D eigenvalue weighted by Crippen LogP contribution is 2.37. The summed E-state index contributed by atoms with van der Waals surface area (Å²) in [6, 6.07) is 8.62. The van der Waals surface area contributed by atoms with E-state index >= 15 is 0 Å². The van der Waals surface area contributed by atoms with Crippen LogP contribution in [-0.2, 0) is 22.5 Å². The summed E-state index contributed by atoms with van der Waals surface area (Å²) in [5.41, 5.74) is 3.08. The standard InChI is InChI=1S/C25H32N4O3/c1-17-20-9-10-23(30)29(16-18-6-3-4-8-22(18)31-2)25(20)27-24(26-17)21-7-5-13-28(21)19-11-14-32-15-12-19/h3-4,6,8,19,21H,5,7,9-16H2,1-2H3/t21-/m1/s1. The average Bonchev–Trinajstić information content (AvgIpc) is 3.32. The number of nitrogens with zero attached hydrogens (tertiary/aromatic N) is 4. The average molecular weight is 437 g/mol. The molecule has 1 atom stereocenters. The Kier molecular flexibility index (Phi) is 6.11. The molecule has 2 fully saturated rings. The summed E-state index contributed by atoms with van der Waals surface area (Å²) >= 11 is 0. The first kappa shape index (κ1) is 21.3. The number of ether oxygens (including phenoxy) is 2. The van der Waals surface area contributed by atoms with Gasteiger partial charge in [0, 0.05) is 42.5 Å². The van der Waals surface area contributed by atoms with Crippen molar-refractivity contribution in [2.75, 3.05) is 31.8 Å². The Morgan fingerprint density at radius 1 is 1.12 bits per heavy atom. The number of hydrogen-bond acceptors (Lipinski definition) is 6. The monoisotopic (exact) mass is 436 g/mol. The first-order valence-corrected chi connectivity index (χ1v) is 11.8. The number of anilines is 1. The summed E-state index contributed by atoms with van der Waals surface area (Å²) in [6.45, 7) is 5.27. The van der Waals surface area contributed by atoms with Crippen LogP contribution >= 0.6 is 0 Å². The van der Waals surface area contributed by atoms with Gasteiger partial charge in [-0.2, -0.15) is 0 Å². The predicted molar refractivity (Wildman–Crippen MR) is 122 cm³/mol. The summed E-state index contributed by atoms with van der Waals surface area (Å²) in [7, 11) is 1.67. The maximum atomic E-state index is 13.0. The van der Waals surface area contributed by atoms with Gasteiger partial charge < -0.3 is 9.47 Å². The van der Waals surface area contributed by atoms with Crippen LogP contribution in [0, 0.1) is 6.92 Å². The molecule has 3 aliphatic rings. The quantitative estimate of drug-likeness (QED) is 0.714. The van der Waals surface area contributed by atoms with Gasteiger partial charge in [0.2, 0.25) is 5.91 Å². The molecule has 7 nitrogen and oxygen atoms in total. The van der Waals surface area contributed by atoms with E-state index in [1.807, 2.05) is 29.2 Å². The minimum Gasteiger partial charge on any atom is -0.496 e. The van der Waals surface area contributed by atoms with Crippen LogP contribution in [0.25, 0.3) is 0 Å². The molecule has 0 bridgehead atoms. The first-order valence-electron chi connectivity index (χ1n) is 11.8.